The smallest absolute Gasteiger partial charge is 0.305 e. The molecule has 0 aliphatic rings. The van der Waals surface area contributed by atoms with E-state index < -0.39 is 12.1 Å². The maximum Gasteiger partial charge on any atom is 0.305 e. The second kappa shape index (κ2) is 82.0. The number of aliphatic hydroxyl groups is 2. The van der Waals surface area contributed by atoms with Gasteiger partial charge in [-0.2, -0.15) is 0 Å². The molecule has 0 aliphatic carbocycles. The van der Waals surface area contributed by atoms with Crippen LogP contribution in [0.1, 0.15) is 457 Å². The topological polar surface area (TPSA) is 95.9 Å². The van der Waals surface area contributed by atoms with Crippen LogP contribution >= 0.6 is 0 Å². The zero-order valence-electron chi connectivity index (χ0n) is 62.8. The van der Waals surface area contributed by atoms with Gasteiger partial charge in [0, 0.05) is 12.8 Å². The van der Waals surface area contributed by atoms with Crippen molar-refractivity contribution >= 4 is 11.9 Å². The van der Waals surface area contributed by atoms with E-state index in [1.165, 1.54) is 372 Å². The van der Waals surface area contributed by atoms with Crippen molar-refractivity contribution in [3.8, 4) is 0 Å². The van der Waals surface area contributed by atoms with Crippen molar-refractivity contribution in [3.05, 3.63) is 60.8 Å². The molecule has 0 aliphatic heterocycles. The number of unbranched alkanes of at least 4 members (excludes halogenated alkanes) is 60. The van der Waals surface area contributed by atoms with E-state index in [9.17, 15) is 19.8 Å². The number of hydrogen-bond acceptors (Lipinski definition) is 5. The molecule has 0 rings (SSSR count). The van der Waals surface area contributed by atoms with Crippen molar-refractivity contribution < 1.29 is 24.5 Å². The number of carbonyl (C=O) groups is 2. The number of nitrogens with one attached hydrogen (secondary N) is 1. The third-order valence-electron chi connectivity index (χ3n) is 19.5. The standard InChI is InChI=1S/C87H163NO5/c1-3-5-7-9-11-13-15-17-19-21-22-23-39-42-45-48-51-55-59-63-67-71-75-79-85(90)84(83-89)88-86(91)80-76-72-68-64-60-56-52-49-46-43-40-37-35-33-31-29-27-25-24-26-28-30-32-34-36-38-41-44-47-50-54-58-62-66-70-74-78-82-93-87(92)81-77-73-69-65-61-57-53-20-18-16-14-12-10-8-6-4-2/h14,16,20,24,26,30,32,53,75,79,84-85,89-90H,3-13,15,17-19,21-23,25,27-29,31,33-52,54-74,76-78,80-83H2,1-2H3,(H,88,91)/b16-14-,26-24-,32-30-,53-20-,79-75+. The number of amides is 1. The van der Waals surface area contributed by atoms with Crippen LogP contribution in [0.4, 0.5) is 0 Å². The first kappa shape index (κ1) is 90.6. The number of esters is 1. The van der Waals surface area contributed by atoms with Crippen molar-refractivity contribution in [2.75, 3.05) is 13.2 Å². The fourth-order valence-corrected chi connectivity index (χ4v) is 13.1. The van der Waals surface area contributed by atoms with Gasteiger partial charge in [-0.3, -0.25) is 9.59 Å². The van der Waals surface area contributed by atoms with E-state index in [2.05, 4.69) is 67.8 Å². The minimum absolute atomic E-state index is 0.00539. The number of allylic oxidation sites excluding steroid dienone is 9. The Hall–Kier alpha value is -2.44. The minimum atomic E-state index is -0.845. The summed E-state index contributed by atoms with van der Waals surface area (Å²) in [4.78, 5) is 24.7. The summed E-state index contributed by atoms with van der Waals surface area (Å²) in [6.45, 7) is 4.92. The molecular weight excluding hydrogens is 1140 g/mol. The molecule has 0 aromatic heterocycles. The fraction of sp³-hybridized carbons (Fsp3) is 0.862. The molecule has 3 N–H and O–H groups in total. The van der Waals surface area contributed by atoms with Crippen molar-refractivity contribution in [1.29, 1.82) is 0 Å². The van der Waals surface area contributed by atoms with E-state index in [-0.39, 0.29) is 18.5 Å². The Balaban J connectivity index is 3.39. The van der Waals surface area contributed by atoms with Crippen molar-refractivity contribution in [2.24, 2.45) is 0 Å². The Morgan fingerprint density at radius 2 is 0.538 bits per heavy atom. The second-order valence-electron chi connectivity index (χ2n) is 28.8. The lowest BCUT2D eigenvalue weighted by molar-refractivity contribution is -0.143. The van der Waals surface area contributed by atoms with Gasteiger partial charge in [0.1, 0.15) is 0 Å². The molecule has 6 heteroatoms. The first-order valence-electron chi connectivity index (χ1n) is 42.1. The molecule has 0 heterocycles. The molecular formula is C87H163NO5. The second-order valence-corrected chi connectivity index (χ2v) is 28.8. The molecule has 0 radical (unpaired) electrons. The van der Waals surface area contributed by atoms with Crippen molar-refractivity contribution in [1.82, 2.24) is 5.32 Å². The van der Waals surface area contributed by atoms with Crippen molar-refractivity contribution in [3.63, 3.8) is 0 Å². The SMILES string of the molecule is CCCCCC/C=C\C/C=C\CCCCCCCC(=O)OCCCCCCCCCCCCCCC/C=C\C/C=C\CCCCCCCCCCCCCCCCCCCC(=O)NC(CO)C(O)/C=C/CCCCCCCCCCCCCCCCCCCCCCC. The summed E-state index contributed by atoms with van der Waals surface area (Å²) in [7, 11) is 0. The first-order chi connectivity index (χ1) is 46.0. The molecule has 0 aromatic carbocycles. The average Bonchev–Trinajstić information content (AvgIpc) is 3.78. The van der Waals surface area contributed by atoms with Crippen LogP contribution in [-0.4, -0.2) is 47.4 Å². The van der Waals surface area contributed by atoms with E-state index in [4.69, 9.17) is 4.74 Å². The zero-order valence-corrected chi connectivity index (χ0v) is 62.8. The summed E-state index contributed by atoms with van der Waals surface area (Å²) in [6, 6.07) is -0.628. The van der Waals surface area contributed by atoms with E-state index in [0.29, 0.717) is 19.4 Å². The van der Waals surface area contributed by atoms with E-state index in [1.54, 1.807) is 6.08 Å². The summed E-state index contributed by atoms with van der Waals surface area (Å²) >= 11 is 0. The Morgan fingerprint density at radius 1 is 0.301 bits per heavy atom. The van der Waals surface area contributed by atoms with Gasteiger partial charge in [0.2, 0.25) is 5.91 Å². The van der Waals surface area contributed by atoms with Gasteiger partial charge in [-0.15, -0.1) is 0 Å². The van der Waals surface area contributed by atoms with Crippen LogP contribution in [0.25, 0.3) is 0 Å². The number of aliphatic hydroxyl groups excluding tert-OH is 2. The van der Waals surface area contributed by atoms with Gasteiger partial charge < -0.3 is 20.3 Å². The third-order valence-corrected chi connectivity index (χ3v) is 19.5. The minimum Gasteiger partial charge on any atom is -0.466 e. The summed E-state index contributed by atoms with van der Waals surface area (Å²) in [6.07, 6.45) is 111. The largest absolute Gasteiger partial charge is 0.466 e. The Bertz CT molecular complexity index is 1600. The monoisotopic (exact) mass is 1300 g/mol. The summed E-state index contributed by atoms with van der Waals surface area (Å²) < 4.78 is 5.50. The Kier molecular flexibility index (Phi) is 79.8. The van der Waals surface area contributed by atoms with Gasteiger partial charge in [-0.25, -0.2) is 0 Å². The number of hydrogen-bond donors (Lipinski definition) is 3. The van der Waals surface area contributed by atoms with Gasteiger partial charge in [0.05, 0.1) is 25.4 Å². The Labute approximate surface area is 581 Å². The highest BCUT2D eigenvalue weighted by atomic mass is 16.5. The number of carbonyl (C=O) groups excluding carboxylic acids is 2. The molecule has 0 aromatic rings. The highest BCUT2D eigenvalue weighted by molar-refractivity contribution is 5.76. The summed E-state index contributed by atoms with van der Waals surface area (Å²) in [5, 5.41) is 23.3. The third kappa shape index (κ3) is 78.4. The van der Waals surface area contributed by atoms with Gasteiger partial charge in [0.25, 0.3) is 0 Å². The quantitative estimate of drug-likeness (QED) is 0.0320. The van der Waals surface area contributed by atoms with Crippen molar-refractivity contribution in [2.45, 2.75) is 469 Å². The molecule has 2 atom stereocenters. The highest BCUT2D eigenvalue weighted by Gasteiger charge is 2.18. The van der Waals surface area contributed by atoms with Gasteiger partial charge in [-0.05, 0) is 96.3 Å². The van der Waals surface area contributed by atoms with Gasteiger partial charge in [-0.1, -0.05) is 408 Å². The molecule has 0 spiro atoms. The lowest BCUT2D eigenvalue weighted by Crippen LogP contribution is -2.45. The lowest BCUT2D eigenvalue weighted by Gasteiger charge is -2.20. The van der Waals surface area contributed by atoms with Gasteiger partial charge >= 0.3 is 5.97 Å². The van der Waals surface area contributed by atoms with Crippen LogP contribution < -0.4 is 5.32 Å². The Morgan fingerprint density at radius 3 is 0.828 bits per heavy atom. The first-order valence-corrected chi connectivity index (χ1v) is 42.1. The normalized spacial score (nSPS) is 12.8. The molecule has 0 bridgehead atoms. The highest BCUT2D eigenvalue weighted by Crippen LogP contribution is 2.20. The van der Waals surface area contributed by atoms with Crippen LogP contribution in [0.3, 0.4) is 0 Å². The maximum absolute atomic E-state index is 12.6. The predicted octanol–water partition coefficient (Wildman–Crippen LogP) is 28.1. The predicted molar refractivity (Wildman–Crippen MR) is 412 cm³/mol. The number of ether oxygens (including phenoxy) is 1. The van der Waals surface area contributed by atoms with E-state index in [0.717, 1.165) is 57.8 Å². The summed E-state index contributed by atoms with van der Waals surface area (Å²) in [5.74, 6) is -0.0554. The molecule has 0 saturated heterocycles. The fourth-order valence-electron chi connectivity index (χ4n) is 13.1. The van der Waals surface area contributed by atoms with E-state index >= 15 is 0 Å². The number of rotatable bonds is 79. The van der Waals surface area contributed by atoms with Gasteiger partial charge in [0.15, 0.2) is 0 Å². The van der Waals surface area contributed by atoms with Crippen LogP contribution in [0.15, 0.2) is 60.8 Å². The maximum atomic E-state index is 12.6. The molecule has 6 nitrogen and oxygen atoms in total. The van der Waals surface area contributed by atoms with Crippen LogP contribution in [0.2, 0.25) is 0 Å². The molecule has 1 amide bonds. The molecule has 2 unspecified atom stereocenters. The van der Waals surface area contributed by atoms with Crippen LogP contribution in [0, 0.1) is 0 Å². The van der Waals surface area contributed by atoms with E-state index in [1.807, 2.05) is 6.08 Å². The molecule has 0 saturated carbocycles. The zero-order chi connectivity index (χ0) is 67.0. The average molecular weight is 1300 g/mol. The molecule has 0 fully saturated rings. The van der Waals surface area contributed by atoms with Crippen LogP contribution in [-0.2, 0) is 14.3 Å². The van der Waals surface area contributed by atoms with Crippen LogP contribution in [0.5, 0.6) is 0 Å². The molecule has 546 valence electrons. The molecule has 93 heavy (non-hydrogen) atoms. The lowest BCUT2D eigenvalue weighted by atomic mass is 10.0. The summed E-state index contributed by atoms with van der Waals surface area (Å²) in [5.41, 5.74) is 0.